The molecule has 1 aromatic heterocycles. The van der Waals surface area contributed by atoms with Crippen LogP contribution in [0.2, 0.25) is 0 Å². The predicted octanol–water partition coefficient (Wildman–Crippen LogP) is 5.65. The van der Waals surface area contributed by atoms with Gasteiger partial charge in [-0.3, -0.25) is 4.79 Å². The van der Waals surface area contributed by atoms with Crippen LogP contribution in [0.1, 0.15) is 73.7 Å². The van der Waals surface area contributed by atoms with E-state index in [9.17, 15) is 18.0 Å². The number of rotatable bonds is 6. The van der Waals surface area contributed by atoms with Gasteiger partial charge in [0.2, 0.25) is 0 Å². The van der Waals surface area contributed by atoms with Gasteiger partial charge in [-0.2, -0.15) is 18.2 Å². The molecular weight excluding hydrogens is 503 g/mol. The highest BCUT2D eigenvalue weighted by molar-refractivity contribution is 7.09. The van der Waals surface area contributed by atoms with Crippen LogP contribution < -0.4 is 9.54 Å². The summed E-state index contributed by atoms with van der Waals surface area (Å²) in [6.45, 7) is 8.70. The Bertz CT molecular complexity index is 1160. The van der Waals surface area contributed by atoms with Crippen LogP contribution >= 0.6 is 11.3 Å². The highest BCUT2D eigenvalue weighted by Crippen LogP contribution is 2.33. The Morgan fingerprint density at radius 2 is 1.97 bits per heavy atom. The molecule has 0 N–H and O–H groups in total. The molecule has 2 aromatic rings. The molecule has 1 aromatic carbocycles. The first-order valence-electron chi connectivity index (χ1n) is 12.9. The Morgan fingerprint density at radius 1 is 1.19 bits per heavy atom. The van der Waals surface area contributed by atoms with E-state index in [1.807, 2.05) is 17.8 Å². The fourth-order valence-electron chi connectivity index (χ4n) is 4.64. The third kappa shape index (κ3) is 7.03. The van der Waals surface area contributed by atoms with Gasteiger partial charge in [0.15, 0.2) is 4.80 Å². The van der Waals surface area contributed by atoms with E-state index >= 15 is 0 Å². The zero-order valence-corrected chi connectivity index (χ0v) is 22.8. The molecule has 1 amide bonds. The number of halogens is 3. The topological polar surface area (TPSA) is 56.1 Å². The second-order valence-corrected chi connectivity index (χ2v) is 12.0. The second-order valence-electron chi connectivity index (χ2n) is 11.0. The molecule has 0 bridgehead atoms. The molecule has 0 unspecified atom stereocenters. The lowest BCUT2D eigenvalue weighted by Gasteiger charge is -2.32. The van der Waals surface area contributed by atoms with Crippen molar-refractivity contribution < 1.29 is 27.4 Å². The molecule has 0 radical (unpaired) electrons. The van der Waals surface area contributed by atoms with E-state index in [4.69, 9.17) is 9.47 Å². The number of nitrogens with zero attached hydrogens (tertiary/aromatic N) is 3. The molecular formula is C27H36F3N3O3S. The first-order valence-corrected chi connectivity index (χ1v) is 13.7. The van der Waals surface area contributed by atoms with Crippen LogP contribution in [0.25, 0.3) is 0 Å². The third-order valence-corrected chi connectivity index (χ3v) is 8.42. The van der Waals surface area contributed by atoms with Crippen molar-refractivity contribution in [1.29, 1.82) is 0 Å². The molecule has 2 fully saturated rings. The zero-order chi connectivity index (χ0) is 26.8. The van der Waals surface area contributed by atoms with E-state index in [1.165, 1.54) is 17.4 Å². The van der Waals surface area contributed by atoms with E-state index in [1.54, 1.807) is 0 Å². The number of carbonyl (C=O) groups excluding carboxylic acids is 1. The van der Waals surface area contributed by atoms with E-state index in [2.05, 4.69) is 30.7 Å². The van der Waals surface area contributed by atoms with Gasteiger partial charge >= 0.3 is 6.18 Å². The van der Waals surface area contributed by atoms with Crippen LogP contribution in [0.5, 0.6) is 5.75 Å². The molecule has 2 aliphatic heterocycles. The Kier molecular flexibility index (Phi) is 8.50. The SMILES string of the molecule is CN1CCCC[C@@H]1COc1ccc(C(F)(F)F)cc1C(=O)N=c1sc(C(C)(C)C)cn1C[C@H]1CCCO1. The minimum absolute atomic E-state index is 0.0244. The fourth-order valence-corrected chi connectivity index (χ4v) is 5.70. The summed E-state index contributed by atoms with van der Waals surface area (Å²) in [5.41, 5.74) is -1.25. The molecule has 37 heavy (non-hydrogen) atoms. The van der Waals surface area contributed by atoms with Gasteiger partial charge < -0.3 is 18.9 Å². The molecule has 0 spiro atoms. The Hall–Kier alpha value is -2.17. The summed E-state index contributed by atoms with van der Waals surface area (Å²) in [6, 6.07) is 3.20. The standard InChI is InChI=1S/C27H36F3N3O3S/c1-26(2,3)23-16-33(15-20-9-7-13-35-20)25(37-23)31-24(34)21-14-18(27(28,29)30)10-11-22(21)36-17-19-8-5-6-12-32(19)4/h10-11,14,16,19-20H,5-9,12-13,15,17H2,1-4H3/t19-,20-/m1/s1. The number of carbonyl (C=O) groups is 1. The number of alkyl halides is 3. The van der Waals surface area contributed by atoms with Gasteiger partial charge in [0, 0.05) is 23.7 Å². The van der Waals surface area contributed by atoms with Gasteiger partial charge in [-0.05, 0) is 62.9 Å². The van der Waals surface area contributed by atoms with E-state index in [0.29, 0.717) is 24.6 Å². The van der Waals surface area contributed by atoms with Crippen LogP contribution in [-0.2, 0) is 22.9 Å². The van der Waals surface area contributed by atoms with Gasteiger partial charge in [0.25, 0.3) is 5.91 Å². The molecule has 10 heteroatoms. The summed E-state index contributed by atoms with van der Waals surface area (Å²) in [6.07, 6.45) is 2.44. The second kappa shape index (κ2) is 11.3. The maximum absolute atomic E-state index is 13.5. The molecule has 3 heterocycles. The lowest BCUT2D eigenvalue weighted by Crippen LogP contribution is -2.40. The minimum atomic E-state index is -4.58. The quantitative estimate of drug-likeness (QED) is 0.476. The van der Waals surface area contributed by atoms with Crippen LogP contribution in [-0.4, -0.2) is 54.3 Å². The number of piperidine rings is 1. The molecule has 2 saturated heterocycles. The maximum Gasteiger partial charge on any atom is 0.416 e. The van der Waals surface area contributed by atoms with Gasteiger partial charge in [-0.1, -0.05) is 27.2 Å². The highest BCUT2D eigenvalue weighted by Gasteiger charge is 2.32. The number of ether oxygens (including phenoxy) is 2. The number of likely N-dealkylation sites (tertiary alicyclic amines) is 1. The van der Waals surface area contributed by atoms with E-state index in [-0.39, 0.29) is 28.9 Å². The third-order valence-electron chi connectivity index (χ3n) is 6.97. The summed E-state index contributed by atoms with van der Waals surface area (Å²) in [5, 5.41) is 0. The summed E-state index contributed by atoms with van der Waals surface area (Å²) < 4.78 is 54.2. The number of hydrogen-bond donors (Lipinski definition) is 0. The van der Waals surface area contributed by atoms with Crippen molar-refractivity contribution in [3.8, 4) is 5.75 Å². The number of amides is 1. The van der Waals surface area contributed by atoms with Gasteiger partial charge in [-0.25, -0.2) is 0 Å². The number of aromatic nitrogens is 1. The normalized spacial score (nSPS) is 22.0. The highest BCUT2D eigenvalue weighted by atomic mass is 32.1. The summed E-state index contributed by atoms with van der Waals surface area (Å²) in [5.74, 6) is -0.625. The number of thiazole rings is 1. The van der Waals surface area contributed by atoms with Gasteiger partial charge in [-0.15, -0.1) is 11.3 Å². The predicted molar refractivity (Wildman–Crippen MR) is 137 cm³/mol. The number of likely N-dealkylation sites (N-methyl/N-ethyl adjacent to an activating group) is 1. The molecule has 6 nitrogen and oxygen atoms in total. The Morgan fingerprint density at radius 3 is 2.62 bits per heavy atom. The molecule has 4 rings (SSSR count). The fraction of sp³-hybridized carbons (Fsp3) is 0.630. The van der Waals surface area contributed by atoms with Crippen molar-refractivity contribution in [2.45, 2.75) is 83.2 Å². The van der Waals surface area contributed by atoms with Crippen molar-refractivity contribution in [3.63, 3.8) is 0 Å². The monoisotopic (exact) mass is 539 g/mol. The Labute approximate surface area is 220 Å². The maximum atomic E-state index is 13.5. The largest absolute Gasteiger partial charge is 0.491 e. The van der Waals surface area contributed by atoms with Crippen molar-refractivity contribution in [1.82, 2.24) is 9.47 Å². The average molecular weight is 540 g/mol. The van der Waals surface area contributed by atoms with Crippen molar-refractivity contribution >= 4 is 17.2 Å². The first-order chi connectivity index (χ1) is 17.4. The smallest absolute Gasteiger partial charge is 0.416 e. The number of hydrogen-bond acceptors (Lipinski definition) is 5. The average Bonchev–Trinajstić information content (AvgIpc) is 3.48. The number of benzene rings is 1. The lowest BCUT2D eigenvalue weighted by molar-refractivity contribution is -0.137. The van der Waals surface area contributed by atoms with E-state index < -0.39 is 17.6 Å². The van der Waals surface area contributed by atoms with Crippen LogP contribution in [0.15, 0.2) is 29.4 Å². The van der Waals surface area contributed by atoms with Gasteiger partial charge in [0.05, 0.1) is 23.8 Å². The van der Waals surface area contributed by atoms with E-state index in [0.717, 1.165) is 55.7 Å². The van der Waals surface area contributed by atoms with Crippen molar-refractivity contribution in [2.24, 2.45) is 4.99 Å². The summed E-state index contributed by atoms with van der Waals surface area (Å²) in [7, 11) is 2.01. The molecule has 0 saturated carbocycles. The van der Waals surface area contributed by atoms with Crippen LogP contribution in [0.4, 0.5) is 13.2 Å². The van der Waals surface area contributed by atoms with Crippen molar-refractivity contribution in [3.05, 3.63) is 45.2 Å². The molecule has 0 aliphatic carbocycles. The van der Waals surface area contributed by atoms with Crippen molar-refractivity contribution in [2.75, 3.05) is 26.8 Å². The molecule has 2 aliphatic rings. The van der Waals surface area contributed by atoms with Crippen LogP contribution in [0, 0.1) is 0 Å². The van der Waals surface area contributed by atoms with Gasteiger partial charge in [0.1, 0.15) is 12.4 Å². The lowest BCUT2D eigenvalue weighted by atomic mass is 9.95. The summed E-state index contributed by atoms with van der Waals surface area (Å²) in [4.78, 5) is 21.4. The summed E-state index contributed by atoms with van der Waals surface area (Å²) >= 11 is 1.37. The Balaban J connectivity index is 1.68. The molecule has 2 atom stereocenters. The van der Waals surface area contributed by atoms with Crippen LogP contribution in [0.3, 0.4) is 0 Å². The first kappa shape index (κ1) is 27.9. The minimum Gasteiger partial charge on any atom is -0.491 e. The molecule has 204 valence electrons. The zero-order valence-electron chi connectivity index (χ0n) is 21.9.